The Hall–Kier alpha value is -1.84. The predicted octanol–water partition coefficient (Wildman–Crippen LogP) is -1.73. The molecular formula is C14H20N6O8PS+. The van der Waals surface area contributed by atoms with Gasteiger partial charge >= 0.3 is 8.17 Å². The molecule has 2 aromatic heterocycles. The normalized spacial score (nSPS) is 27.9. The zero-order chi connectivity index (χ0) is 21.6. The second-order valence-corrected chi connectivity index (χ2v) is 9.14. The summed E-state index contributed by atoms with van der Waals surface area (Å²) in [5, 5.41) is 13.7. The molecule has 16 heteroatoms. The highest BCUT2D eigenvalue weighted by Crippen LogP contribution is 2.59. The zero-order valence-corrected chi connectivity index (χ0v) is 17.3. The summed E-state index contributed by atoms with van der Waals surface area (Å²) in [7, 11) is -4.06. The van der Waals surface area contributed by atoms with Gasteiger partial charge < -0.3 is 20.9 Å². The molecule has 0 radical (unpaired) electrons. The van der Waals surface area contributed by atoms with Gasteiger partial charge in [-0.25, -0.2) is 4.98 Å². The van der Waals surface area contributed by atoms with Gasteiger partial charge in [0, 0.05) is 19.2 Å². The molecule has 2 aliphatic rings. The number of amides is 1. The maximum atomic E-state index is 12.3. The fourth-order valence-corrected chi connectivity index (χ4v) is 5.09. The molecule has 0 saturated carbocycles. The molecule has 1 amide bonds. The van der Waals surface area contributed by atoms with E-state index in [1.807, 2.05) is 0 Å². The van der Waals surface area contributed by atoms with Crippen LogP contribution in [0.1, 0.15) is 13.2 Å². The number of carbonyl (C=O) groups is 1. The summed E-state index contributed by atoms with van der Waals surface area (Å²) in [4.78, 5) is 53.5. The lowest BCUT2D eigenvalue weighted by Crippen LogP contribution is -2.40. The SMILES string of the molecule is CC(=O)NCCSc1nc2c(=O)[nH]c(N)nc2n1[C@@H]1OC2CO[P+](O)(O)O[C@H]2C1O. The standard InChI is InChI=1S/C14H19N6O8PS/c1-5(21)16-2-3-30-14-17-7-10(18-13(15)19-11(7)23)20(14)12-8(22)9-6(27-12)4-26-29(24,25)28-9/h6,8-9,12,22,24-25H,2-4H2,1H3,(H3-,15,16,18,19,21,23)/p+1/t6?,8?,9-,12-/m1/s1. The number of aromatic amines is 1. The molecule has 2 aliphatic heterocycles. The van der Waals surface area contributed by atoms with Crippen molar-refractivity contribution in [2.45, 2.75) is 36.6 Å². The third-order valence-corrected chi connectivity index (χ3v) is 6.43. The third-order valence-electron chi connectivity index (χ3n) is 4.47. The summed E-state index contributed by atoms with van der Waals surface area (Å²) in [6.45, 7) is 1.53. The lowest BCUT2D eigenvalue weighted by molar-refractivity contribution is -0.118. The molecule has 4 rings (SSSR count). The lowest BCUT2D eigenvalue weighted by atomic mass is 10.1. The molecule has 7 N–H and O–H groups in total. The first-order chi connectivity index (χ1) is 14.2. The molecule has 4 heterocycles. The number of nitrogens with two attached hydrogens (primary N) is 1. The van der Waals surface area contributed by atoms with E-state index in [1.165, 1.54) is 23.3 Å². The Bertz CT molecular complexity index is 1030. The summed E-state index contributed by atoms with van der Waals surface area (Å²) in [5.41, 5.74) is 5.17. The summed E-state index contributed by atoms with van der Waals surface area (Å²) >= 11 is 1.20. The number of aromatic nitrogens is 4. The van der Waals surface area contributed by atoms with Crippen LogP contribution in [-0.4, -0.2) is 77.5 Å². The fourth-order valence-electron chi connectivity index (χ4n) is 3.24. The van der Waals surface area contributed by atoms with Gasteiger partial charge in [-0.15, -0.1) is 4.52 Å². The number of nitrogens with zero attached hydrogens (tertiary/aromatic N) is 3. The Morgan fingerprint density at radius 1 is 1.47 bits per heavy atom. The number of aliphatic hydroxyl groups is 1. The molecule has 0 aromatic carbocycles. The van der Waals surface area contributed by atoms with E-state index in [0.717, 1.165) is 0 Å². The van der Waals surface area contributed by atoms with Crippen LogP contribution < -0.4 is 16.6 Å². The number of carbonyl (C=O) groups excluding carboxylic acids is 1. The second kappa shape index (κ2) is 8.01. The first kappa shape index (κ1) is 21.4. The third kappa shape index (κ3) is 4.02. The number of aliphatic hydroxyl groups excluding tert-OH is 1. The first-order valence-electron chi connectivity index (χ1n) is 8.82. The molecule has 0 aliphatic carbocycles. The number of nitrogens with one attached hydrogen (secondary N) is 2. The van der Waals surface area contributed by atoms with E-state index in [-0.39, 0.29) is 34.8 Å². The average molecular weight is 463 g/mol. The molecule has 0 spiro atoms. The molecule has 2 aromatic rings. The van der Waals surface area contributed by atoms with Gasteiger partial charge in [0.25, 0.3) is 5.56 Å². The van der Waals surface area contributed by atoms with E-state index in [0.29, 0.717) is 12.3 Å². The Labute approximate surface area is 173 Å². The van der Waals surface area contributed by atoms with E-state index in [4.69, 9.17) is 19.5 Å². The maximum Gasteiger partial charge on any atom is 0.570 e. The highest BCUT2D eigenvalue weighted by atomic mass is 32.2. The molecular weight excluding hydrogens is 443 g/mol. The smallest absolute Gasteiger partial charge is 0.385 e. The van der Waals surface area contributed by atoms with Crippen LogP contribution in [0.25, 0.3) is 11.2 Å². The minimum atomic E-state index is -4.06. The number of imidazole rings is 1. The van der Waals surface area contributed by atoms with Gasteiger partial charge in [0.05, 0.1) is 0 Å². The van der Waals surface area contributed by atoms with Gasteiger partial charge in [0.15, 0.2) is 28.7 Å². The first-order valence-corrected chi connectivity index (χ1v) is 11.3. The summed E-state index contributed by atoms with van der Waals surface area (Å²) in [6.07, 6.45) is -4.30. The topological polar surface area (TPSA) is 207 Å². The van der Waals surface area contributed by atoms with Crippen molar-refractivity contribution in [3.8, 4) is 0 Å². The van der Waals surface area contributed by atoms with Crippen LogP contribution >= 0.6 is 19.9 Å². The number of fused-ring (bicyclic) bond motifs is 2. The summed E-state index contributed by atoms with van der Waals surface area (Å²) < 4.78 is 17.2. The van der Waals surface area contributed by atoms with Gasteiger partial charge in [-0.05, 0) is 0 Å². The molecule has 2 fully saturated rings. The minimum Gasteiger partial charge on any atom is -0.385 e. The quantitative estimate of drug-likeness (QED) is 0.166. The van der Waals surface area contributed by atoms with Crippen molar-refractivity contribution in [2.24, 2.45) is 0 Å². The number of anilines is 1. The van der Waals surface area contributed by atoms with Crippen molar-refractivity contribution in [3.63, 3.8) is 0 Å². The summed E-state index contributed by atoms with van der Waals surface area (Å²) in [6, 6.07) is 0. The number of thioether (sulfide) groups is 1. The largest absolute Gasteiger partial charge is 0.570 e. The van der Waals surface area contributed by atoms with Crippen LogP contribution in [0.5, 0.6) is 0 Å². The van der Waals surface area contributed by atoms with Crippen LogP contribution in [0.2, 0.25) is 0 Å². The fraction of sp³-hybridized carbons (Fsp3) is 0.571. The molecule has 4 atom stereocenters. The molecule has 30 heavy (non-hydrogen) atoms. The highest BCUT2D eigenvalue weighted by molar-refractivity contribution is 7.99. The Balaban J connectivity index is 1.70. The number of nitrogen functional groups attached to an aromatic ring is 1. The minimum absolute atomic E-state index is 0.0137. The number of hydrogen-bond donors (Lipinski definition) is 6. The number of hydrogen-bond acceptors (Lipinski definition) is 12. The van der Waals surface area contributed by atoms with E-state index in [2.05, 4.69) is 20.3 Å². The van der Waals surface area contributed by atoms with Gasteiger partial charge in [0.2, 0.25) is 11.9 Å². The zero-order valence-electron chi connectivity index (χ0n) is 15.6. The van der Waals surface area contributed by atoms with Gasteiger partial charge in [-0.3, -0.25) is 19.1 Å². The summed E-state index contributed by atoms with van der Waals surface area (Å²) in [5.74, 6) is 0.0715. The molecule has 2 saturated heterocycles. The average Bonchev–Trinajstić information content (AvgIpc) is 3.16. The predicted molar refractivity (Wildman–Crippen MR) is 104 cm³/mol. The number of rotatable bonds is 5. The van der Waals surface area contributed by atoms with Crippen molar-refractivity contribution in [1.82, 2.24) is 24.8 Å². The lowest BCUT2D eigenvalue weighted by Gasteiger charge is -2.24. The van der Waals surface area contributed by atoms with Gasteiger partial charge in [0.1, 0.15) is 18.8 Å². The Morgan fingerprint density at radius 2 is 2.23 bits per heavy atom. The van der Waals surface area contributed by atoms with E-state index in [9.17, 15) is 24.5 Å². The van der Waals surface area contributed by atoms with Crippen molar-refractivity contribution in [3.05, 3.63) is 10.4 Å². The second-order valence-electron chi connectivity index (χ2n) is 6.63. The molecule has 2 unspecified atom stereocenters. The van der Waals surface area contributed by atoms with Gasteiger partial charge in [-0.2, -0.15) is 19.3 Å². The van der Waals surface area contributed by atoms with Gasteiger partial charge in [-0.1, -0.05) is 11.8 Å². The van der Waals surface area contributed by atoms with E-state index in [1.54, 1.807) is 0 Å². The Kier molecular flexibility index (Phi) is 5.71. The highest BCUT2D eigenvalue weighted by Gasteiger charge is 2.60. The Morgan fingerprint density at radius 3 is 2.97 bits per heavy atom. The molecule has 164 valence electrons. The van der Waals surface area contributed by atoms with Crippen molar-refractivity contribution in [2.75, 3.05) is 24.6 Å². The maximum absolute atomic E-state index is 12.3. The number of H-pyrrole nitrogens is 1. The molecule has 14 nitrogen and oxygen atoms in total. The monoisotopic (exact) mass is 463 g/mol. The molecule has 0 bridgehead atoms. The van der Waals surface area contributed by atoms with Crippen molar-refractivity contribution in [1.29, 1.82) is 0 Å². The van der Waals surface area contributed by atoms with Crippen molar-refractivity contribution < 1.29 is 33.5 Å². The van der Waals surface area contributed by atoms with E-state index < -0.39 is 38.3 Å². The van der Waals surface area contributed by atoms with Crippen LogP contribution in [0.4, 0.5) is 5.95 Å². The van der Waals surface area contributed by atoms with Crippen LogP contribution in [0.15, 0.2) is 9.95 Å². The van der Waals surface area contributed by atoms with Crippen LogP contribution in [0, 0.1) is 0 Å². The number of ether oxygens (including phenoxy) is 1. The van der Waals surface area contributed by atoms with Crippen LogP contribution in [0.3, 0.4) is 0 Å². The van der Waals surface area contributed by atoms with Crippen LogP contribution in [-0.2, 0) is 18.6 Å². The van der Waals surface area contributed by atoms with Crippen molar-refractivity contribution >= 4 is 43.0 Å². The van der Waals surface area contributed by atoms with E-state index >= 15 is 0 Å².